The molecule has 4 amide bonds. The zero-order chi connectivity index (χ0) is 19.7. The van der Waals surface area contributed by atoms with Crippen molar-refractivity contribution in [3.63, 3.8) is 0 Å². The van der Waals surface area contributed by atoms with E-state index in [4.69, 9.17) is 4.42 Å². The lowest BCUT2D eigenvalue weighted by Gasteiger charge is -2.27. The van der Waals surface area contributed by atoms with Crippen molar-refractivity contribution in [1.29, 1.82) is 0 Å². The van der Waals surface area contributed by atoms with Crippen LogP contribution < -0.4 is 15.1 Å². The fourth-order valence-corrected chi connectivity index (χ4v) is 3.54. The lowest BCUT2D eigenvalue weighted by atomic mass is 10.1. The number of para-hydroxylation sites is 1. The van der Waals surface area contributed by atoms with Crippen molar-refractivity contribution in [3.8, 4) is 0 Å². The summed E-state index contributed by atoms with van der Waals surface area (Å²) in [7, 11) is 0. The van der Waals surface area contributed by atoms with Crippen molar-refractivity contribution in [1.82, 2.24) is 5.32 Å². The number of furan rings is 1. The van der Waals surface area contributed by atoms with Gasteiger partial charge in [-0.25, -0.2) is 9.69 Å². The average Bonchev–Trinajstić information content (AvgIpc) is 3.16. The van der Waals surface area contributed by atoms with Crippen LogP contribution in [-0.2, 0) is 9.59 Å². The van der Waals surface area contributed by atoms with Gasteiger partial charge in [-0.15, -0.1) is 0 Å². The number of carbonyl (C=O) groups excluding carboxylic acids is 3. The first-order valence-electron chi connectivity index (χ1n) is 9.36. The molecule has 1 aromatic heterocycles. The summed E-state index contributed by atoms with van der Waals surface area (Å²) in [5.41, 5.74) is 1.06. The van der Waals surface area contributed by atoms with E-state index in [0.29, 0.717) is 11.4 Å². The molecule has 0 atom stereocenters. The van der Waals surface area contributed by atoms with Gasteiger partial charge >= 0.3 is 6.03 Å². The number of imide groups is 2. The molecule has 4 rings (SSSR count). The van der Waals surface area contributed by atoms with Gasteiger partial charge in [-0.2, -0.15) is 0 Å². The van der Waals surface area contributed by atoms with Crippen molar-refractivity contribution in [2.45, 2.75) is 26.2 Å². The summed E-state index contributed by atoms with van der Waals surface area (Å²) < 4.78 is 5.83. The third-order valence-electron chi connectivity index (χ3n) is 5.02. The van der Waals surface area contributed by atoms with Crippen LogP contribution in [0.5, 0.6) is 0 Å². The van der Waals surface area contributed by atoms with Gasteiger partial charge in [-0.1, -0.05) is 18.2 Å². The molecule has 2 aliphatic rings. The Labute approximate surface area is 162 Å². The standard InChI is InChI=1S/C21H21N3O4/c1-14-7-3-4-8-17(14)24-20(26)16(19(25)22-21(24)27)13-15-9-10-18(28-15)23-11-5-2-6-12-23/h3-4,7-10,13H,2,5-6,11-12H2,1H3,(H,22,25,27)/b16-13-. The van der Waals surface area contributed by atoms with Crippen molar-refractivity contribution in [2.24, 2.45) is 0 Å². The largest absolute Gasteiger partial charge is 0.441 e. The maximum Gasteiger partial charge on any atom is 0.335 e. The highest BCUT2D eigenvalue weighted by Crippen LogP contribution is 2.27. The monoisotopic (exact) mass is 379 g/mol. The molecule has 0 radical (unpaired) electrons. The molecule has 2 fully saturated rings. The molecule has 144 valence electrons. The van der Waals surface area contributed by atoms with Crippen LogP contribution >= 0.6 is 0 Å². The number of amides is 4. The van der Waals surface area contributed by atoms with Crippen LogP contribution in [-0.4, -0.2) is 30.9 Å². The molecule has 2 aromatic rings. The number of rotatable bonds is 3. The van der Waals surface area contributed by atoms with E-state index in [1.54, 1.807) is 31.2 Å². The molecule has 1 aromatic carbocycles. The molecule has 1 N–H and O–H groups in total. The first kappa shape index (κ1) is 18.0. The number of piperidine rings is 1. The summed E-state index contributed by atoms with van der Waals surface area (Å²) in [6.07, 6.45) is 4.84. The van der Waals surface area contributed by atoms with Gasteiger partial charge in [-0.05, 0) is 50.0 Å². The van der Waals surface area contributed by atoms with Gasteiger partial charge < -0.3 is 9.32 Å². The number of benzene rings is 1. The van der Waals surface area contributed by atoms with E-state index < -0.39 is 17.8 Å². The third-order valence-corrected chi connectivity index (χ3v) is 5.02. The molecular weight excluding hydrogens is 358 g/mol. The van der Waals surface area contributed by atoms with E-state index >= 15 is 0 Å². The fraction of sp³-hybridized carbons (Fsp3) is 0.286. The molecule has 0 bridgehead atoms. The lowest BCUT2D eigenvalue weighted by molar-refractivity contribution is -0.122. The van der Waals surface area contributed by atoms with Gasteiger partial charge in [0, 0.05) is 19.2 Å². The second-order valence-corrected chi connectivity index (χ2v) is 6.97. The number of nitrogens with one attached hydrogen (secondary N) is 1. The van der Waals surface area contributed by atoms with E-state index in [-0.39, 0.29) is 5.57 Å². The number of aryl methyl sites for hydroxylation is 1. The summed E-state index contributed by atoms with van der Waals surface area (Å²) in [5, 5.41) is 2.23. The fourth-order valence-electron chi connectivity index (χ4n) is 3.54. The minimum atomic E-state index is -0.755. The van der Waals surface area contributed by atoms with Crippen molar-refractivity contribution in [3.05, 3.63) is 53.3 Å². The van der Waals surface area contributed by atoms with Crippen LogP contribution in [0.3, 0.4) is 0 Å². The Kier molecular flexibility index (Phi) is 4.73. The van der Waals surface area contributed by atoms with Crippen LogP contribution in [0.2, 0.25) is 0 Å². The van der Waals surface area contributed by atoms with Crippen LogP contribution in [0, 0.1) is 6.92 Å². The normalized spacial score (nSPS) is 19.3. The molecule has 0 saturated carbocycles. The Morgan fingerprint density at radius 3 is 2.50 bits per heavy atom. The number of urea groups is 1. The molecular formula is C21H21N3O4. The maximum absolute atomic E-state index is 12.9. The van der Waals surface area contributed by atoms with Gasteiger partial charge in [0.15, 0.2) is 5.88 Å². The highest BCUT2D eigenvalue weighted by molar-refractivity contribution is 6.39. The molecule has 3 heterocycles. The van der Waals surface area contributed by atoms with Gasteiger partial charge in [0.25, 0.3) is 11.8 Å². The predicted octanol–water partition coefficient (Wildman–Crippen LogP) is 3.24. The third kappa shape index (κ3) is 3.31. The topological polar surface area (TPSA) is 82.9 Å². The number of barbiturate groups is 1. The summed E-state index contributed by atoms with van der Waals surface area (Å²) in [6.45, 7) is 3.66. The van der Waals surface area contributed by atoms with Crippen LogP contribution in [0.1, 0.15) is 30.6 Å². The molecule has 7 heteroatoms. The molecule has 0 aliphatic carbocycles. The summed E-state index contributed by atoms with van der Waals surface area (Å²) >= 11 is 0. The summed E-state index contributed by atoms with van der Waals surface area (Å²) in [6, 6.07) is 9.83. The van der Waals surface area contributed by atoms with Crippen molar-refractivity contribution < 1.29 is 18.8 Å². The second kappa shape index (κ2) is 7.34. The van der Waals surface area contributed by atoms with Crippen LogP contribution in [0.15, 0.2) is 46.4 Å². The van der Waals surface area contributed by atoms with E-state index in [2.05, 4.69) is 10.2 Å². The van der Waals surface area contributed by atoms with Gasteiger partial charge in [-0.3, -0.25) is 14.9 Å². The summed E-state index contributed by atoms with van der Waals surface area (Å²) in [4.78, 5) is 40.7. The Balaban J connectivity index is 1.64. The van der Waals surface area contributed by atoms with Gasteiger partial charge in [0.2, 0.25) is 0 Å². The number of nitrogens with zero attached hydrogens (tertiary/aromatic N) is 2. The number of anilines is 2. The minimum Gasteiger partial charge on any atom is -0.441 e. The zero-order valence-electron chi connectivity index (χ0n) is 15.6. The predicted molar refractivity (Wildman–Crippen MR) is 105 cm³/mol. The minimum absolute atomic E-state index is 0.137. The molecule has 28 heavy (non-hydrogen) atoms. The first-order valence-corrected chi connectivity index (χ1v) is 9.36. The Hall–Kier alpha value is -3.35. The van der Waals surface area contributed by atoms with Crippen molar-refractivity contribution >= 4 is 35.5 Å². The number of hydrogen-bond donors (Lipinski definition) is 1. The van der Waals surface area contributed by atoms with Crippen LogP contribution in [0.4, 0.5) is 16.4 Å². The SMILES string of the molecule is Cc1ccccc1N1C(=O)NC(=O)/C(=C/c2ccc(N3CCCCC3)o2)C1=O. The molecule has 7 nitrogen and oxygen atoms in total. The van der Waals surface area contributed by atoms with E-state index in [0.717, 1.165) is 42.3 Å². The molecule has 2 saturated heterocycles. The quantitative estimate of drug-likeness (QED) is 0.654. The number of carbonyl (C=O) groups is 3. The van der Waals surface area contributed by atoms with Gasteiger partial charge in [0.1, 0.15) is 11.3 Å². The number of hydrogen-bond acceptors (Lipinski definition) is 5. The Morgan fingerprint density at radius 1 is 1.00 bits per heavy atom. The van der Waals surface area contributed by atoms with Gasteiger partial charge in [0.05, 0.1) is 5.69 Å². The average molecular weight is 379 g/mol. The maximum atomic E-state index is 12.9. The lowest BCUT2D eigenvalue weighted by Crippen LogP contribution is -2.54. The first-order chi connectivity index (χ1) is 13.5. The Morgan fingerprint density at radius 2 is 1.75 bits per heavy atom. The highest BCUT2D eigenvalue weighted by Gasteiger charge is 2.37. The molecule has 0 unspecified atom stereocenters. The highest BCUT2D eigenvalue weighted by atomic mass is 16.4. The van der Waals surface area contributed by atoms with Crippen molar-refractivity contribution in [2.75, 3.05) is 22.9 Å². The van der Waals surface area contributed by atoms with E-state index in [9.17, 15) is 14.4 Å². The van der Waals surface area contributed by atoms with Crippen LogP contribution in [0.25, 0.3) is 6.08 Å². The van der Waals surface area contributed by atoms with E-state index in [1.165, 1.54) is 12.5 Å². The smallest absolute Gasteiger partial charge is 0.335 e. The summed E-state index contributed by atoms with van der Waals surface area (Å²) in [5.74, 6) is -0.269. The molecule has 0 spiro atoms. The zero-order valence-corrected chi connectivity index (χ0v) is 15.6. The van der Waals surface area contributed by atoms with E-state index in [1.807, 2.05) is 12.1 Å². The Bertz CT molecular complexity index is 970. The molecule has 2 aliphatic heterocycles. The second-order valence-electron chi connectivity index (χ2n) is 6.97.